The largest absolute Gasteiger partial charge is 0.328 e. The molecule has 19 heavy (non-hydrogen) atoms. The van der Waals surface area contributed by atoms with Crippen molar-refractivity contribution in [3.05, 3.63) is 53.6 Å². The zero-order valence-corrected chi connectivity index (χ0v) is 12.2. The van der Waals surface area contributed by atoms with Crippen molar-refractivity contribution >= 4 is 27.3 Å². The van der Waals surface area contributed by atoms with E-state index in [0.29, 0.717) is 19.6 Å². The molecule has 2 aromatic heterocycles. The van der Waals surface area contributed by atoms with Crippen LogP contribution in [0.15, 0.2) is 31.7 Å². The molecule has 0 aromatic carbocycles. The van der Waals surface area contributed by atoms with Crippen LogP contribution in [0.5, 0.6) is 0 Å². The number of aromatic nitrogens is 2. The topological polar surface area (TPSA) is 66.9 Å². The number of hydrogen-bond donors (Lipinski definition) is 2. The number of thiophene rings is 1. The van der Waals surface area contributed by atoms with Crippen LogP contribution in [0.4, 0.5) is 4.39 Å². The molecule has 0 spiro atoms. The molecule has 0 amide bonds. The van der Waals surface area contributed by atoms with E-state index in [9.17, 15) is 14.0 Å². The monoisotopic (exact) mass is 347 g/mol. The average Bonchev–Trinajstić information content (AvgIpc) is 2.77. The zero-order valence-electron chi connectivity index (χ0n) is 9.78. The third kappa shape index (κ3) is 3.85. The maximum Gasteiger partial charge on any atom is 0.328 e. The van der Waals surface area contributed by atoms with Crippen LogP contribution in [-0.4, -0.2) is 16.1 Å². The van der Waals surface area contributed by atoms with Crippen molar-refractivity contribution in [2.75, 3.05) is 6.54 Å². The van der Waals surface area contributed by atoms with Crippen molar-refractivity contribution in [2.45, 2.75) is 13.1 Å². The lowest BCUT2D eigenvalue weighted by Crippen LogP contribution is -2.33. The van der Waals surface area contributed by atoms with Gasteiger partial charge in [0.15, 0.2) is 0 Å². The van der Waals surface area contributed by atoms with Gasteiger partial charge in [-0.05, 0) is 22.0 Å². The molecule has 0 fully saturated rings. The molecule has 102 valence electrons. The van der Waals surface area contributed by atoms with Crippen LogP contribution >= 0.6 is 27.3 Å². The lowest BCUT2D eigenvalue weighted by molar-refractivity contribution is 0.530. The van der Waals surface area contributed by atoms with Gasteiger partial charge < -0.3 is 5.32 Å². The quantitative estimate of drug-likeness (QED) is 0.801. The van der Waals surface area contributed by atoms with Crippen molar-refractivity contribution in [1.82, 2.24) is 14.9 Å². The molecule has 2 aromatic rings. The molecule has 0 atom stereocenters. The fourth-order valence-electron chi connectivity index (χ4n) is 1.51. The molecule has 0 bridgehead atoms. The first-order chi connectivity index (χ1) is 9.06. The predicted octanol–water partition coefficient (Wildman–Crippen LogP) is 1.29. The smallest absolute Gasteiger partial charge is 0.310 e. The Morgan fingerprint density at radius 2 is 2.26 bits per heavy atom. The average molecular weight is 348 g/mol. The molecule has 2 N–H and O–H groups in total. The molecule has 8 heteroatoms. The van der Waals surface area contributed by atoms with Crippen molar-refractivity contribution in [2.24, 2.45) is 0 Å². The summed E-state index contributed by atoms with van der Waals surface area (Å²) in [5, 5.41) is 5.13. The standard InChI is InChI=1S/C11H11BrFN3O2S/c12-7-3-8(19-6-7)4-14-1-2-16-5-9(13)10(17)15-11(16)18/h3,5-6,14H,1-2,4H2,(H,15,17,18). The van der Waals surface area contributed by atoms with E-state index in [-0.39, 0.29) is 0 Å². The minimum atomic E-state index is -0.988. The summed E-state index contributed by atoms with van der Waals surface area (Å²) in [6.45, 7) is 1.47. The van der Waals surface area contributed by atoms with E-state index in [1.807, 2.05) is 16.4 Å². The summed E-state index contributed by atoms with van der Waals surface area (Å²) in [6.07, 6.45) is 0.921. The Hall–Kier alpha value is -1.25. The molecule has 2 heterocycles. The first-order valence-corrected chi connectivity index (χ1v) is 7.16. The highest BCUT2D eigenvalue weighted by atomic mass is 79.9. The van der Waals surface area contributed by atoms with Gasteiger partial charge in [-0.1, -0.05) is 0 Å². The maximum absolute atomic E-state index is 13.0. The maximum atomic E-state index is 13.0. The predicted molar refractivity (Wildman–Crippen MR) is 75.0 cm³/mol. The summed E-state index contributed by atoms with van der Waals surface area (Å²) in [5.41, 5.74) is -1.59. The van der Waals surface area contributed by atoms with E-state index in [1.165, 1.54) is 0 Å². The normalized spacial score (nSPS) is 10.8. The summed E-state index contributed by atoms with van der Waals surface area (Å²) in [6, 6.07) is 2.00. The minimum Gasteiger partial charge on any atom is -0.310 e. The third-order valence-corrected chi connectivity index (χ3v) is 4.12. The van der Waals surface area contributed by atoms with E-state index >= 15 is 0 Å². The molecule has 0 unspecified atom stereocenters. The zero-order chi connectivity index (χ0) is 13.8. The van der Waals surface area contributed by atoms with Crippen LogP contribution in [0.2, 0.25) is 0 Å². The Balaban J connectivity index is 1.88. The van der Waals surface area contributed by atoms with E-state index in [2.05, 4.69) is 21.2 Å². The van der Waals surface area contributed by atoms with Crippen LogP contribution in [0, 0.1) is 5.82 Å². The second kappa shape index (κ2) is 6.27. The lowest BCUT2D eigenvalue weighted by atomic mass is 10.4. The number of nitrogens with zero attached hydrogens (tertiary/aromatic N) is 1. The van der Waals surface area contributed by atoms with Crippen LogP contribution in [-0.2, 0) is 13.1 Å². The second-order valence-electron chi connectivity index (χ2n) is 3.84. The van der Waals surface area contributed by atoms with Gasteiger partial charge in [0.05, 0.1) is 6.20 Å². The minimum absolute atomic E-state index is 0.291. The van der Waals surface area contributed by atoms with Gasteiger partial charge >= 0.3 is 5.69 Å². The lowest BCUT2D eigenvalue weighted by Gasteiger charge is -2.05. The Kier molecular flexibility index (Phi) is 4.67. The van der Waals surface area contributed by atoms with Gasteiger partial charge in [-0.15, -0.1) is 11.3 Å². The van der Waals surface area contributed by atoms with Crippen LogP contribution in [0.3, 0.4) is 0 Å². The Morgan fingerprint density at radius 3 is 2.95 bits per heavy atom. The highest BCUT2D eigenvalue weighted by Crippen LogP contribution is 2.19. The number of rotatable bonds is 5. The van der Waals surface area contributed by atoms with Crippen molar-refractivity contribution in [1.29, 1.82) is 0 Å². The molecule has 0 saturated heterocycles. The van der Waals surface area contributed by atoms with Crippen molar-refractivity contribution in [3.63, 3.8) is 0 Å². The third-order valence-electron chi connectivity index (χ3n) is 2.42. The summed E-state index contributed by atoms with van der Waals surface area (Å²) in [7, 11) is 0. The van der Waals surface area contributed by atoms with Gasteiger partial charge in [0.1, 0.15) is 0 Å². The highest BCUT2D eigenvalue weighted by molar-refractivity contribution is 9.10. The van der Waals surface area contributed by atoms with Gasteiger partial charge in [0.25, 0.3) is 5.56 Å². The molecule has 0 aliphatic heterocycles. The first kappa shape index (κ1) is 14.2. The fraction of sp³-hybridized carbons (Fsp3) is 0.273. The summed E-state index contributed by atoms with van der Waals surface area (Å²) in [4.78, 5) is 25.3. The Morgan fingerprint density at radius 1 is 1.47 bits per heavy atom. The molecule has 0 saturated carbocycles. The fourth-order valence-corrected chi connectivity index (χ4v) is 2.93. The molecular weight excluding hydrogens is 337 g/mol. The molecule has 0 aliphatic rings. The molecule has 0 radical (unpaired) electrons. The van der Waals surface area contributed by atoms with Crippen molar-refractivity contribution < 1.29 is 4.39 Å². The van der Waals surface area contributed by atoms with Gasteiger partial charge in [0, 0.05) is 34.4 Å². The van der Waals surface area contributed by atoms with E-state index in [0.717, 1.165) is 20.1 Å². The second-order valence-corrected chi connectivity index (χ2v) is 5.75. The molecule has 2 rings (SSSR count). The number of aromatic amines is 1. The van der Waals surface area contributed by atoms with E-state index in [4.69, 9.17) is 0 Å². The van der Waals surface area contributed by atoms with E-state index in [1.54, 1.807) is 11.3 Å². The van der Waals surface area contributed by atoms with Crippen LogP contribution < -0.4 is 16.6 Å². The van der Waals surface area contributed by atoms with E-state index < -0.39 is 17.1 Å². The Bertz CT molecular complexity index is 679. The number of halogens is 2. The Labute approximate surface area is 120 Å². The highest BCUT2D eigenvalue weighted by Gasteiger charge is 2.03. The summed E-state index contributed by atoms with van der Waals surface area (Å²) in [5.74, 6) is -0.957. The molecule has 0 aliphatic carbocycles. The van der Waals surface area contributed by atoms with Gasteiger partial charge in [-0.3, -0.25) is 14.3 Å². The SMILES string of the molecule is O=c1[nH]c(=O)n(CCNCc2cc(Br)cs2)cc1F. The van der Waals surface area contributed by atoms with Crippen LogP contribution in [0.25, 0.3) is 0 Å². The number of H-pyrrole nitrogens is 1. The summed E-state index contributed by atoms with van der Waals surface area (Å²) < 4.78 is 15.2. The summed E-state index contributed by atoms with van der Waals surface area (Å²) >= 11 is 4.98. The van der Waals surface area contributed by atoms with Crippen LogP contribution in [0.1, 0.15) is 4.88 Å². The first-order valence-electron chi connectivity index (χ1n) is 5.49. The van der Waals surface area contributed by atoms with Gasteiger partial charge in [-0.2, -0.15) is 4.39 Å². The molecular formula is C11H11BrFN3O2S. The molecule has 5 nitrogen and oxygen atoms in total. The number of nitrogens with one attached hydrogen (secondary N) is 2. The van der Waals surface area contributed by atoms with Crippen molar-refractivity contribution in [3.8, 4) is 0 Å². The number of hydrogen-bond acceptors (Lipinski definition) is 4. The van der Waals surface area contributed by atoms with Gasteiger partial charge in [-0.25, -0.2) is 4.79 Å². The van der Waals surface area contributed by atoms with Gasteiger partial charge in [0.2, 0.25) is 5.82 Å².